The molecule has 0 aromatic heterocycles. The van der Waals surface area contributed by atoms with E-state index in [0.29, 0.717) is 12.2 Å². The molecule has 0 aliphatic carbocycles. The quantitative estimate of drug-likeness (QED) is 0.742. The molecule has 1 aromatic carbocycles. The zero-order chi connectivity index (χ0) is 19.3. The summed E-state index contributed by atoms with van der Waals surface area (Å²) in [4.78, 5) is 25.9. The fraction of sp³-hybridized carbons (Fsp3) is 0.474. The second-order valence-corrected chi connectivity index (χ2v) is 7.93. The molecule has 0 N–H and O–H groups in total. The van der Waals surface area contributed by atoms with Crippen LogP contribution in [0.25, 0.3) is 0 Å². The Morgan fingerprint density at radius 3 is 2.50 bits per heavy atom. The second kappa shape index (κ2) is 8.58. The number of carbonyl (C=O) groups excluding carboxylic acids is 2. The Bertz CT molecular complexity index is 682. The molecule has 142 valence electrons. The molecular formula is C19H24FNO4S. The zero-order valence-electron chi connectivity index (χ0n) is 15.5. The Morgan fingerprint density at radius 1 is 1.27 bits per heavy atom. The largest absolute Gasteiger partial charge is 0.491 e. The van der Waals surface area contributed by atoms with Crippen molar-refractivity contribution in [3.8, 4) is 0 Å². The summed E-state index contributed by atoms with van der Waals surface area (Å²) in [5.41, 5.74) is 0.0816. The van der Waals surface area contributed by atoms with Gasteiger partial charge in [-0.25, -0.2) is 14.1 Å². The van der Waals surface area contributed by atoms with Gasteiger partial charge in [0.05, 0.1) is 0 Å². The third-order valence-electron chi connectivity index (χ3n) is 3.65. The van der Waals surface area contributed by atoms with E-state index < -0.39 is 23.6 Å². The average Bonchev–Trinajstić information content (AvgIpc) is 2.86. The number of halogens is 1. The summed E-state index contributed by atoms with van der Waals surface area (Å²) in [5, 5.41) is 0. The highest BCUT2D eigenvalue weighted by molar-refractivity contribution is 7.98. The summed E-state index contributed by atoms with van der Waals surface area (Å²) >= 11 is 1.62. The molecule has 5 nitrogen and oxygen atoms in total. The van der Waals surface area contributed by atoms with Crippen LogP contribution in [0.5, 0.6) is 0 Å². The number of amides is 2. The molecule has 1 heterocycles. The Hall–Kier alpha value is -2.02. The number of hydrogen-bond acceptors (Lipinski definition) is 5. The van der Waals surface area contributed by atoms with Crippen LogP contribution in [-0.4, -0.2) is 40.6 Å². The first-order chi connectivity index (χ1) is 12.2. The number of hydrogen-bond donors (Lipinski definition) is 0. The van der Waals surface area contributed by atoms with Crippen molar-refractivity contribution in [2.45, 2.75) is 45.4 Å². The Labute approximate surface area is 157 Å². The highest BCUT2D eigenvalue weighted by Crippen LogP contribution is 2.27. The topological polar surface area (TPSA) is 55.8 Å². The van der Waals surface area contributed by atoms with Gasteiger partial charge in [-0.05, 0) is 56.9 Å². The molecule has 0 spiro atoms. The first-order valence-electron chi connectivity index (χ1n) is 8.35. The molecule has 1 aliphatic heterocycles. The van der Waals surface area contributed by atoms with Gasteiger partial charge < -0.3 is 9.47 Å². The average molecular weight is 381 g/mol. The van der Waals surface area contributed by atoms with Crippen molar-refractivity contribution in [3.05, 3.63) is 47.5 Å². The van der Waals surface area contributed by atoms with Crippen molar-refractivity contribution in [1.82, 2.24) is 4.90 Å². The molecule has 0 saturated carbocycles. The van der Waals surface area contributed by atoms with Crippen LogP contribution in [0, 0.1) is 5.82 Å². The lowest BCUT2D eigenvalue weighted by Crippen LogP contribution is -2.44. The van der Waals surface area contributed by atoms with Crippen LogP contribution in [0.1, 0.15) is 32.8 Å². The van der Waals surface area contributed by atoms with E-state index in [9.17, 15) is 14.0 Å². The number of rotatable bonds is 6. The molecule has 7 heteroatoms. The van der Waals surface area contributed by atoms with Gasteiger partial charge in [0.15, 0.2) is 0 Å². The summed E-state index contributed by atoms with van der Waals surface area (Å²) < 4.78 is 24.1. The molecule has 0 unspecified atom stereocenters. The predicted octanol–water partition coefficient (Wildman–Crippen LogP) is 4.13. The minimum atomic E-state index is -0.695. The lowest BCUT2D eigenvalue weighted by Gasteiger charge is -2.28. The molecule has 0 saturated heterocycles. The maximum Gasteiger partial charge on any atom is 0.418 e. The minimum absolute atomic E-state index is 0.192. The zero-order valence-corrected chi connectivity index (χ0v) is 16.3. The summed E-state index contributed by atoms with van der Waals surface area (Å²) in [6.45, 7) is 5.45. The third kappa shape index (κ3) is 5.49. The van der Waals surface area contributed by atoms with E-state index in [1.165, 1.54) is 18.2 Å². The van der Waals surface area contributed by atoms with Crippen molar-refractivity contribution in [2.75, 3.05) is 12.0 Å². The molecule has 1 aliphatic rings. The van der Waals surface area contributed by atoms with E-state index in [0.717, 1.165) is 16.2 Å². The number of benzene rings is 1. The van der Waals surface area contributed by atoms with E-state index in [1.807, 2.05) is 6.26 Å². The van der Waals surface area contributed by atoms with Gasteiger partial charge in [-0.3, -0.25) is 4.79 Å². The number of carbonyl (C=O) groups is 2. The summed E-state index contributed by atoms with van der Waals surface area (Å²) in [5.74, 6) is 0.422. The lowest BCUT2D eigenvalue weighted by molar-refractivity contribution is -0.125. The van der Waals surface area contributed by atoms with Gasteiger partial charge in [0.1, 0.15) is 29.8 Å². The van der Waals surface area contributed by atoms with Crippen LogP contribution >= 0.6 is 11.8 Å². The monoisotopic (exact) mass is 381 g/mol. The van der Waals surface area contributed by atoms with Crippen molar-refractivity contribution >= 4 is 23.8 Å². The maximum atomic E-state index is 13.0. The Balaban J connectivity index is 2.11. The van der Waals surface area contributed by atoms with E-state index in [-0.39, 0.29) is 12.4 Å². The predicted molar refractivity (Wildman–Crippen MR) is 99.1 cm³/mol. The standard InChI is InChI=1S/C19H24FNO4S/c1-19(2,3)25-18(23)21-15(9-10-26-4)16(11-17(21)22)24-12-13-5-7-14(20)8-6-13/h5-8,11,15H,9-10,12H2,1-4H3/t15-/m0/s1. The van der Waals surface area contributed by atoms with Gasteiger partial charge in [-0.2, -0.15) is 11.8 Å². The fourth-order valence-electron chi connectivity index (χ4n) is 2.48. The van der Waals surface area contributed by atoms with Gasteiger partial charge in [-0.1, -0.05) is 12.1 Å². The van der Waals surface area contributed by atoms with Gasteiger partial charge in [-0.15, -0.1) is 0 Å². The van der Waals surface area contributed by atoms with Crippen molar-refractivity contribution in [3.63, 3.8) is 0 Å². The molecule has 1 aromatic rings. The molecule has 26 heavy (non-hydrogen) atoms. The van der Waals surface area contributed by atoms with Crippen molar-refractivity contribution in [1.29, 1.82) is 0 Å². The summed E-state index contributed by atoms with van der Waals surface area (Å²) in [6, 6.07) is 5.45. The van der Waals surface area contributed by atoms with Crippen LogP contribution in [0.4, 0.5) is 9.18 Å². The van der Waals surface area contributed by atoms with E-state index in [2.05, 4.69) is 0 Å². The SMILES string of the molecule is CSCC[C@H]1C(OCc2ccc(F)cc2)=CC(=O)N1C(=O)OC(C)(C)C. The molecule has 1 atom stereocenters. The molecule has 0 fully saturated rings. The van der Waals surface area contributed by atoms with E-state index in [4.69, 9.17) is 9.47 Å². The first-order valence-corrected chi connectivity index (χ1v) is 9.74. The highest BCUT2D eigenvalue weighted by Gasteiger charge is 2.40. The summed E-state index contributed by atoms with van der Waals surface area (Å²) in [6.07, 6.45) is 3.18. The van der Waals surface area contributed by atoms with Crippen LogP contribution in [0.3, 0.4) is 0 Å². The van der Waals surface area contributed by atoms with Crippen LogP contribution in [0.2, 0.25) is 0 Å². The number of imide groups is 1. The third-order valence-corrected chi connectivity index (χ3v) is 4.29. The van der Waals surface area contributed by atoms with Crippen LogP contribution in [0.15, 0.2) is 36.1 Å². The molecule has 2 amide bonds. The van der Waals surface area contributed by atoms with Crippen molar-refractivity contribution < 1.29 is 23.5 Å². The van der Waals surface area contributed by atoms with Gasteiger partial charge in [0.2, 0.25) is 0 Å². The molecule has 2 rings (SSSR count). The number of nitrogens with zero attached hydrogens (tertiary/aromatic N) is 1. The Kier molecular flexibility index (Phi) is 6.69. The van der Waals surface area contributed by atoms with Gasteiger partial charge in [0.25, 0.3) is 5.91 Å². The minimum Gasteiger partial charge on any atom is -0.491 e. The number of thioether (sulfide) groups is 1. The molecule has 0 bridgehead atoms. The normalized spacial score (nSPS) is 17.3. The fourth-order valence-corrected chi connectivity index (χ4v) is 2.94. The van der Waals surface area contributed by atoms with Gasteiger partial charge in [0, 0.05) is 6.08 Å². The van der Waals surface area contributed by atoms with Gasteiger partial charge >= 0.3 is 6.09 Å². The molecule has 0 radical (unpaired) electrons. The van der Waals surface area contributed by atoms with Crippen LogP contribution in [-0.2, 0) is 20.9 Å². The van der Waals surface area contributed by atoms with E-state index in [1.54, 1.807) is 44.7 Å². The highest BCUT2D eigenvalue weighted by atomic mass is 32.2. The van der Waals surface area contributed by atoms with E-state index >= 15 is 0 Å². The first kappa shape index (κ1) is 20.3. The summed E-state index contributed by atoms with van der Waals surface area (Å²) in [7, 11) is 0. The van der Waals surface area contributed by atoms with Crippen molar-refractivity contribution in [2.24, 2.45) is 0 Å². The maximum absolute atomic E-state index is 13.0. The lowest BCUT2D eigenvalue weighted by atomic mass is 10.2. The second-order valence-electron chi connectivity index (χ2n) is 6.95. The Morgan fingerprint density at radius 2 is 1.92 bits per heavy atom. The smallest absolute Gasteiger partial charge is 0.418 e. The molecular weight excluding hydrogens is 357 g/mol. The number of ether oxygens (including phenoxy) is 2. The van der Waals surface area contributed by atoms with Crippen LogP contribution < -0.4 is 0 Å².